The van der Waals surface area contributed by atoms with Gasteiger partial charge in [0.1, 0.15) is 5.82 Å². The van der Waals surface area contributed by atoms with Gasteiger partial charge in [-0.1, -0.05) is 6.07 Å². The summed E-state index contributed by atoms with van der Waals surface area (Å²) in [4.78, 5) is 3.93. The zero-order chi connectivity index (χ0) is 10.7. The third-order valence-electron chi connectivity index (χ3n) is 2.18. The Morgan fingerprint density at radius 3 is 2.73 bits per heavy atom. The molecule has 2 N–H and O–H groups in total. The van der Waals surface area contributed by atoms with Crippen molar-refractivity contribution in [3.8, 4) is 0 Å². The Bertz CT molecular complexity index is 437. The number of aromatic nitrogens is 2. The van der Waals surface area contributed by atoms with E-state index in [0.29, 0.717) is 13.1 Å². The average Bonchev–Trinajstić information content (AvgIpc) is 2.69. The molecule has 0 atom stereocenters. The molecule has 0 amide bonds. The summed E-state index contributed by atoms with van der Waals surface area (Å²) in [5.41, 5.74) is 7.18. The predicted molar refractivity (Wildman–Crippen MR) is 55.6 cm³/mol. The van der Waals surface area contributed by atoms with Crippen molar-refractivity contribution in [1.82, 2.24) is 9.55 Å². The smallest absolute Gasteiger partial charge is 0.123 e. The normalized spacial score (nSPS) is 10.5. The molecule has 0 saturated carbocycles. The molecule has 1 heterocycles. The lowest BCUT2D eigenvalue weighted by molar-refractivity contribution is 0.621. The molecule has 1 aromatic carbocycles. The molecule has 1 aromatic heterocycles. The fourth-order valence-electron chi connectivity index (χ4n) is 1.52. The summed E-state index contributed by atoms with van der Waals surface area (Å²) in [7, 11) is 0. The molecule has 2 aromatic rings. The van der Waals surface area contributed by atoms with Crippen molar-refractivity contribution >= 4 is 0 Å². The number of hydrogen-bond acceptors (Lipinski definition) is 2. The first-order valence-corrected chi connectivity index (χ1v) is 4.72. The zero-order valence-electron chi connectivity index (χ0n) is 8.23. The molecule has 78 valence electrons. The van der Waals surface area contributed by atoms with E-state index in [2.05, 4.69) is 4.98 Å². The van der Waals surface area contributed by atoms with Gasteiger partial charge >= 0.3 is 0 Å². The van der Waals surface area contributed by atoms with E-state index in [1.807, 2.05) is 16.8 Å². The topological polar surface area (TPSA) is 43.8 Å². The van der Waals surface area contributed by atoms with E-state index in [1.54, 1.807) is 12.5 Å². The number of rotatable bonds is 3. The molecule has 0 unspecified atom stereocenters. The summed E-state index contributed by atoms with van der Waals surface area (Å²) in [5.74, 6) is -0.243. The van der Waals surface area contributed by atoms with Gasteiger partial charge in [-0.25, -0.2) is 9.37 Å². The van der Waals surface area contributed by atoms with Crippen molar-refractivity contribution in [2.45, 2.75) is 13.1 Å². The van der Waals surface area contributed by atoms with Gasteiger partial charge in [0.15, 0.2) is 0 Å². The van der Waals surface area contributed by atoms with Crippen LogP contribution in [0.15, 0.2) is 36.9 Å². The maximum absolute atomic E-state index is 13.2. The van der Waals surface area contributed by atoms with Crippen molar-refractivity contribution in [1.29, 1.82) is 0 Å². The Morgan fingerprint density at radius 2 is 2.07 bits per heavy atom. The van der Waals surface area contributed by atoms with Crippen LogP contribution in [0.2, 0.25) is 0 Å². The second kappa shape index (κ2) is 4.23. The zero-order valence-corrected chi connectivity index (χ0v) is 8.23. The molecule has 0 fully saturated rings. The molecule has 0 saturated heterocycles. The van der Waals surface area contributed by atoms with Crippen LogP contribution in [0.3, 0.4) is 0 Å². The standard InChI is InChI=1S/C11H12FN3/c12-11-4-9(6-13)3-10(5-11)7-15-2-1-14-8-15/h1-5,8H,6-7,13H2. The van der Waals surface area contributed by atoms with E-state index in [4.69, 9.17) is 5.73 Å². The Kier molecular flexibility index (Phi) is 2.78. The highest BCUT2D eigenvalue weighted by molar-refractivity contribution is 5.24. The van der Waals surface area contributed by atoms with Crippen LogP contribution < -0.4 is 5.73 Å². The Hall–Kier alpha value is -1.68. The van der Waals surface area contributed by atoms with Crippen LogP contribution in [-0.4, -0.2) is 9.55 Å². The first kappa shape index (κ1) is 9.86. The van der Waals surface area contributed by atoms with Gasteiger partial charge in [0.2, 0.25) is 0 Å². The molecule has 0 spiro atoms. The minimum absolute atomic E-state index is 0.243. The van der Waals surface area contributed by atoms with E-state index in [9.17, 15) is 4.39 Å². The fraction of sp³-hybridized carbons (Fsp3) is 0.182. The minimum atomic E-state index is -0.243. The summed E-state index contributed by atoms with van der Waals surface area (Å²) < 4.78 is 15.0. The van der Waals surface area contributed by atoms with E-state index < -0.39 is 0 Å². The molecule has 0 radical (unpaired) electrons. The number of benzene rings is 1. The Balaban J connectivity index is 2.24. The van der Waals surface area contributed by atoms with Crippen LogP contribution in [0, 0.1) is 5.82 Å². The van der Waals surface area contributed by atoms with Gasteiger partial charge in [-0.05, 0) is 23.3 Å². The minimum Gasteiger partial charge on any atom is -0.333 e. The summed E-state index contributed by atoms with van der Waals surface area (Å²) in [6.45, 7) is 0.972. The van der Waals surface area contributed by atoms with Crippen LogP contribution in [0.25, 0.3) is 0 Å². The van der Waals surface area contributed by atoms with Crippen molar-refractivity contribution in [3.05, 3.63) is 53.9 Å². The Labute approximate surface area is 87.4 Å². The molecule has 3 nitrogen and oxygen atoms in total. The van der Waals surface area contributed by atoms with E-state index in [0.717, 1.165) is 11.1 Å². The van der Waals surface area contributed by atoms with Crippen molar-refractivity contribution in [2.75, 3.05) is 0 Å². The van der Waals surface area contributed by atoms with Crippen molar-refractivity contribution < 1.29 is 4.39 Å². The lowest BCUT2D eigenvalue weighted by Crippen LogP contribution is -2.01. The van der Waals surface area contributed by atoms with Gasteiger partial charge in [0.25, 0.3) is 0 Å². The number of nitrogens with two attached hydrogens (primary N) is 1. The van der Waals surface area contributed by atoms with E-state index in [1.165, 1.54) is 12.1 Å². The quantitative estimate of drug-likeness (QED) is 0.825. The summed E-state index contributed by atoms with van der Waals surface area (Å²) in [6, 6.07) is 4.87. The van der Waals surface area contributed by atoms with Crippen LogP contribution in [0.5, 0.6) is 0 Å². The molecular weight excluding hydrogens is 193 g/mol. The third-order valence-corrected chi connectivity index (χ3v) is 2.18. The average molecular weight is 205 g/mol. The highest BCUT2D eigenvalue weighted by atomic mass is 19.1. The lowest BCUT2D eigenvalue weighted by atomic mass is 10.1. The van der Waals surface area contributed by atoms with Crippen molar-refractivity contribution in [2.24, 2.45) is 5.73 Å². The van der Waals surface area contributed by atoms with Gasteiger partial charge < -0.3 is 10.3 Å². The van der Waals surface area contributed by atoms with Gasteiger partial charge in [0.05, 0.1) is 6.33 Å². The first-order valence-electron chi connectivity index (χ1n) is 4.72. The maximum atomic E-state index is 13.2. The van der Waals surface area contributed by atoms with Crippen LogP contribution in [0.1, 0.15) is 11.1 Å². The molecule has 15 heavy (non-hydrogen) atoms. The fourth-order valence-corrected chi connectivity index (χ4v) is 1.52. The van der Waals surface area contributed by atoms with Crippen molar-refractivity contribution in [3.63, 3.8) is 0 Å². The van der Waals surface area contributed by atoms with Crippen LogP contribution in [0.4, 0.5) is 4.39 Å². The predicted octanol–water partition coefficient (Wildman–Crippen LogP) is 1.53. The second-order valence-corrected chi connectivity index (χ2v) is 3.41. The monoisotopic (exact) mass is 205 g/mol. The molecule has 0 aliphatic heterocycles. The lowest BCUT2D eigenvalue weighted by Gasteiger charge is -2.05. The van der Waals surface area contributed by atoms with Gasteiger partial charge in [0, 0.05) is 25.5 Å². The highest BCUT2D eigenvalue weighted by Gasteiger charge is 2.00. The molecule has 0 aliphatic carbocycles. The van der Waals surface area contributed by atoms with Gasteiger partial charge in [-0.3, -0.25) is 0 Å². The first-order chi connectivity index (χ1) is 7.28. The van der Waals surface area contributed by atoms with Gasteiger partial charge in [-0.15, -0.1) is 0 Å². The second-order valence-electron chi connectivity index (χ2n) is 3.41. The molecule has 0 bridgehead atoms. The molecule has 2 rings (SSSR count). The molecule has 0 aliphatic rings. The van der Waals surface area contributed by atoms with Crippen LogP contribution >= 0.6 is 0 Å². The van der Waals surface area contributed by atoms with Crippen LogP contribution in [-0.2, 0) is 13.1 Å². The number of halogens is 1. The third kappa shape index (κ3) is 2.41. The summed E-state index contributed by atoms with van der Waals surface area (Å²) >= 11 is 0. The SMILES string of the molecule is NCc1cc(F)cc(Cn2ccnc2)c1. The number of imidazole rings is 1. The number of hydrogen-bond donors (Lipinski definition) is 1. The number of nitrogens with zero attached hydrogens (tertiary/aromatic N) is 2. The summed E-state index contributed by atoms with van der Waals surface area (Å²) in [6.07, 6.45) is 5.24. The molecular formula is C11H12FN3. The van der Waals surface area contributed by atoms with E-state index >= 15 is 0 Å². The summed E-state index contributed by atoms with van der Waals surface area (Å²) in [5, 5.41) is 0. The van der Waals surface area contributed by atoms with Gasteiger partial charge in [-0.2, -0.15) is 0 Å². The Morgan fingerprint density at radius 1 is 1.27 bits per heavy atom. The largest absolute Gasteiger partial charge is 0.333 e. The highest BCUT2D eigenvalue weighted by Crippen LogP contribution is 2.10. The maximum Gasteiger partial charge on any atom is 0.123 e. The molecule has 4 heteroatoms. The van der Waals surface area contributed by atoms with E-state index in [-0.39, 0.29) is 5.82 Å².